The molecule has 3 nitrogen and oxygen atoms in total. The molecule has 202 valence electrons. The summed E-state index contributed by atoms with van der Waals surface area (Å²) in [5, 5.41) is 2.93. The summed E-state index contributed by atoms with van der Waals surface area (Å²) in [6.45, 7) is 2.08. The van der Waals surface area contributed by atoms with Crippen molar-refractivity contribution in [2.75, 3.05) is 0 Å². The summed E-state index contributed by atoms with van der Waals surface area (Å²) in [6, 6.07) is 42.9. The van der Waals surface area contributed by atoms with Crippen LogP contribution in [0.3, 0.4) is 0 Å². The van der Waals surface area contributed by atoms with Crippen molar-refractivity contribution >= 4 is 40.2 Å². The number of carbonyl (C=O) groups is 1. The SMILES string of the molecule is Cc1ccc2cc(C3=C/C(=C\c4cc(-c5ccccc5)n(-c5ccc(Cl)cc5)c4-c4ccccc4)C(=O)O3)ccc2c1. The maximum atomic E-state index is 13.2. The first-order valence-electron chi connectivity index (χ1n) is 13.8. The Morgan fingerprint density at radius 1 is 0.690 bits per heavy atom. The number of aromatic nitrogens is 1. The minimum absolute atomic E-state index is 0.367. The van der Waals surface area contributed by atoms with Crippen LogP contribution in [0.25, 0.3) is 50.8 Å². The molecule has 0 amide bonds. The van der Waals surface area contributed by atoms with E-state index >= 15 is 0 Å². The number of cyclic esters (lactones) is 1. The Morgan fingerprint density at radius 3 is 2.10 bits per heavy atom. The molecule has 0 unspecified atom stereocenters. The van der Waals surface area contributed by atoms with Crippen molar-refractivity contribution in [1.29, 1.82) is 0 Å². The Bertz CT molecular complexity index is 2020. The third kappa shape index (κ3) is 4.85. The molecule has 0 fully saturated rings. The topological polar surface area (TPSA) is 31.2 Å². The minimum atomic E-state index is -0.367. The number of hydrogen-bond acceptors (Lipinski definition) is 2. The molecule has 42 heavy (non-hydrogen) atoms. The summed E-state index contributed by atoms with van der Waals surface area (Å²) < 4.78 is 8.03. The van der Waals surface area contributed by atoms with Gasteiger partial charge in [-0.1, -0.05) is 108 Å². The maximum Gasteiger partial charge on any atom is 0.343 e. The number of nitrogens with zero attached hydrogens (tertiary/aromatic N) is 1. The van der Waals surface area contributed by atoms with Gasteiger partial charge < -0.3 is 9.30 Å². The second-order valence-corrected chi connectivity index (χ2v) is 10.9. The van der Waals surface area contributed by atoms with Gasteiger partial charge in [0.25, 0.3) is 0 Å². The second-order valence-electron chi connectivity index (χ2n) is 10.4. The number of ether oxygens (including phenoxy) is 1. The molecular formula is C38H26ClNO2. The molecule has 1 aromatic heterocycles. The second kappa shape index (κ2) is 10.7. The average molecular weight is 564 g/mol. The van der Waals surface area contributed by atoms with Gasteiger partial charge in [0.05, 0.1) is 17.0 Å². The van der Waals surface area contributed by atoms with Crippen LogP contribution in [0, 0.1) is 6.92 Å². The van der Waals surface area contributed by atoms with Gasteiger partial charge in [0.1, 0.15) is 5.76 Å². The van der Waals surface area contributed by atoms with Crippen LogP contribution >= 0.6 is 11.6 Å². The van der Waals surface area contributed by atoms with E-state index in [0.29, 0.717) is 16.4 Å². The number of carbonyl (C=O) groups excluding carboxylic acids is 1. The van der Waals surface area contributed by atoms with E-state index in [9.17, 15) is 4.79 Å². The number of fused-ring (bicyclic) bond motifs is 1. The molecule has 2 heterocycles. The van der Waals surface area contributed by atoms with E-state index in [0.717, 1.165) is 50.1 Å². The van der Waals surface area contributed by atoms with Crippen molar-refractivity contribution in [3.63, 3.8) is 0 Å². The highest BCUT2D eigenvalue weighted by atomic mass is 35.5. The quantitative estimate of drug-likeness (QED) is 0.154. The Labute approximate surface area is 249 Å². The van der Waals surface area contributed by atoms with E-state index in [1.165, 1.54) is 5.56 Å². The van der Waals surface area contributed by atoms with Gasteiger partial charge in [0, 0.05) is 21.8 Å². The van der Waals surface area contributed by atoms with Crippen LogP contribution in [0.15, 0.2) is 139 Å². The van der Waals surface area contributed by atoms with Crippen molar-refractivity contribution in [1.82, 2.24) is 4.57 Å². The van der Waals surface area contributed by atoms with E-state index in [1.54, 1.807) is 0 Å². The van der Waals surface area contributed by atoms with Gasteiger partial charge >= 0.3 is 5.97 Å². The number of esters is 1. The lowest BCUT2D eigenvalue weighted by Gasteiger charge is -2.15. The van der Waals surface area contributed by atoms with Gasteiger partial charge in [-0.25, -0.2) is 4.79 Å². The largest absolute Gasteiger partial charge is 0.422 e. The van der Waals surface area contributed by atoms with Crippen LogP contribution < -0.4 is 0 Å². The number of halogens is 1. The summed E-state index contributed by atoms with van der Waals surface area (Å²) in [4.78, 5) is 13.2. The van der Waals surface area contributed by atoms with Crippen LogP contribution in [0.1, 0.15) is 16.7 Å². The average Bonchev–Trinajstić information content (AvgIpc) is 3.58. The Kier molecular flexibility index (Phi) is 6.58. The first kappa shape index (κ1) is 25.8. The smallest absolute Gasteiger partial charge is 0.343 e. The number of aryl methyl sites for hydroxylation is 1. The molecule has 6 aromatic rings. The monoisotopic (exact) mass is 563 g/mol. The van der Waals surface area contributed by atoms with Gasteiger partial charge in [0.2, 0.25) is 0 Å². The highest BCUT2D eigenvalue weighted by molar-refractivity contribution is 6.30. The molecule has 0 atom stereocenters. The predicted octanol–water partition coefficient (Wildman–Crippen LogP) is 9.91. The summed E-state index contributed by atoms with van der Waals surface area (Å²) in [6.07, 6.45) is 3.77. The van der Waals surface area contributed by atoms with Gasteiger partial charge in [-0.3, -0.25) is 0 Å². The molecular weight excluding hydrogens is 538 g/mol. The fourth-order valence-electron chi connectivity index (χ4n) is 5.53. The van der Waals surface area contributed by atoms with Crippen LogP contribution in [-0.4, -0.2) is 10.5 Å². The normalized spacial score (nSPS) is 13.9. The van der Waals surface area contributed by atoms with Gasteiger partial charge in [-0.05, 0) is 77.4 Å². The van der Waals surface area contributed by atoms with E-state index in [-0.39, 0.29) is 5.97 Å². The van der Waals surface area contributed by atoms with E-state index in [2.05, 4.69) is 72.2 Å². The van der Waals surface area contributed by atoms with Gasteiger partial charge in [-0.2, -0.15) is 0 Å². The molecule has 0 spiro atoms. The molecule has 7 rings (SSSR count). The molecule has 0 aliphatic carbocycles. The summed E-state index contributed by atoms with van der Waals surface area (Å²) in [5.41, 5.74) is 8.53. The molecule has 1 aliphatic heterocycles. The van der Waals surface area contributed by atoms with Crippen molar-refractivity contribution in [3.05, 3.63) is 161 Å². The zero-order valence-electron chi connectivity index (χ0n) is 22.9. The minimum Gasteiger partial charge on any atom is -0.422 e. The first-order chi connectivity index (χ1) is 20.5. The first-order valence-corrected chi connectivity index (χ1v) is 14.2. The Morgan fingerprint density at radius 2 is 1.36 bits per heavy atom. The Balaban J connectivity index is 1.41. The highest BCUT2D eigenvalue weighted by Gasteiger charge is 2.25. The van der Waals surface area contributed by atoms with Crippen molar-refractivity contribution in [2.24, 2.45) is 0 Å². The molecule has 4 heteroatoms. The molecule has 1 aliphatic rings. The lowest BCUT2D eigenvalue weighted by molar-refractivity contribution is -0.130. The summed E-state index contributed by atoms with van der Waals surface area (Å²) in [7, 11) is 0. The maximum absolute atomic E-state index is 13.2. The van der Waals surface area contributed by atoms with Crippen molar-refractivity contribution < 1.29 is 9.53 Å². The number of hydrogen-bond donors (Lipinski definition) is 0. The third-order valence-electron chi connectivity index (χ3n) is 7.55. The van der Waals surface area contributed by atoms with Crippen LogP contribution in [0.2, 0.25) is 5.02 Å². The molecule has 0 bridgehead atoms. The molecule has 5 aromatic carbocycles. The van der Waals surface area contributed by atoms with Crippen LogP contribution in [0.5, 0.6) is 0 Å². The third-order valence-corrected chi connectivity index (χ3v) is 7.80. The predicted molar refractivity (Wildman–Crippen MR) is 172 cm³/mol. The molecule has 0 N–H and O–H groups in total. The van der Waals surface area contributed by atoms with Crippen molar-refractivity contribution in [3.8, 4) is 28.2 Å². The fourth-order valence-corrected chi connectivity index (χ4v) is 5.65. The van der Waals surface area contributed by atoms with Crippen LogP contribution in [0.4, 0.5) is 0 Å². The van der Waals surface area contributed by atoms with Crippen molar-refractivity contribution in [2.45, 2.75) is 6.92 Å². The van der Waals surface area contributed by atoms with Gasteiger partial charge in [0.15, 0.2) is 0 Å². The standard InChI is InChI=1S/C38H26ClNO2/c1-25-12-13-29-21-30(15-14-28(29)20-25)36-24-32(38(41)42-36)22-31-23-35(26-8-4-2-5-9-26)40(34-18-16-33(39)17-19-34)37(31)27-10-6-3-7-11-27/h2-24H,1H3/b32-22+. The number of benzene rings is 5. The zero-order valence-corrected chi connectivity index (χ0v) is 23.7. The van der Waals surface area contributed by atoms with E-state index in [1.807, 2.05) is 78.9 Å². The summed E-state index contributed by atoms with van der Waals surface area (Å²) in [5.74, 6) is 0.184. The fraction of sp³-hybridized carbons (Fsp3) is 0.0263. The van der Waals surface area contributed by atoms with Gasteiger partial charge in [-0.15, -0.1) is 0 Å². The van der Waals surface area contributed by atoms with Crippen LogP contribution in [-0.2, 0) is 9.53 Å². The lowest BCUT2D eigenvalue weighted by atomic mass is 10.0. The summed E-state index contributed by atoms with van der Waals surface area (Å²) >= 11 is 6.27. The molecule has 0 saturated heterocycles. The van der Waals surface area contributed by atoms with E-state index in [4.69, 9.17) is 16.3 Å². The molecule has 0 saturated carbocycles. The molecule has 0 radical (unpaired) electrons. The lowest BCUT2D eigenvalue weighted by Crippen LogP contribution is -2.00. The number of rotatable bonds is 5. The van der Waals surface area contributed by atoms with E-state index < -0.39 is 0 Å². The highest BCUT2D eigenvalue weighted by Crippen LogP contribution is 2.39. The Hall–Kier alpha value is -5.12. The zero-order chi connectivity index (χ0) is 28.6.